The third kappa shape index (κ3) is 19.4. The van der Waals surface area contributed by atoms with Crippen LogP contribution in [0.15, 0.2) is 293 Å². The first-order valence-electron chi connectivity index (χ1n) is 39.9. The Morgan fingerprint density at radius 1 is 0.328 bits per heavy atom. The molecule has 9 heterocycles. The number of hydrogen-bond acceptors (Lipinski definition) is 13. The highest BCUT2D eigenvalue weighted by molar-refractivity contribution is 6.32. The zero-order valence-electron chi connectivity index (χ0n) is 67.9. The predicted octanol–water partition coefficient (Wildman–Crippen LogP) is 16.8. The Labute approximate surface area is 697 Å². The van der Waals surface area contributed by atoms with Crippen LogP contribution in [0.1, 0.15) is 12.8 Å². The molecule has 18 rings (SSSR count). The van der Waals surface area contributed by atoms with Gasteiger partial charge in [0, 0.05) is 185 Å². The van der Waals surface area contributed by atoms with Crippen molar-refractivity contribution >= 4 is 78.3 Å². The number of fused-ring (bicyclic) bond motifs is 4. The minimum Gasteiger partial charge on any atom is -0.347 e. The molecule has 0 spiro atoms. The molecule has 2 aliphatic rings. The lowest BCUT2D eigenvalue weighted by molar-refractivity contribution is -0.134. The summed E-state index contributed by atoms with van der Waals surface area (Å²) in [4.78, 5) is 73.7. The number of likely N-dealkylation sites (tertiary alicyclic amines) is 1. The van der Waals surface area contributed by atoms with Crippen molar-refractivity contribution in [1.82, 2.24) is 83.5 Å². The van der Waals surface area contributed by atoms with Crippen LogP contribution < -0.4 is 0 Å². The normalized spacial score (nSPS) is 13.1. The van der Waals surface area contributed by atoms with Crippen molar-refractivity contribution in [3.63, 3.8) is 0 Å². The molecular weight excluding hydrogens is 1500 g/mol. The van der Waals surface area contributed by atoms with E-state index < -0.39 is 0 Å². The van der Waals surface area contributed by atoms with Crippen molar-refractivity contribution in [3.8, 4) is 89.0 Å². The molecule has 0 bridgehead atoms. The van der Waals surface area contributed by atoms with Crippen molar-refractivity contribution in [2.75, 3.05) is 88.6 Å². The number of carbonyl (C=O) groups excluding carboxylic acids is 4. The average Bonchev–Trinajstić information content (AvgIpc) is 1.25. The molecule has 119 heavy (non-hydrogen) atoms. The van der Waals surface area contributed by atoms with Crippen LogP contribution in [0.5, 0.6) is 0 Å². The number of hydrogen-bond donors (Lipinski definition) is 0. The van der Waals surface area contributed by atoms with E-state index in [-0.39, 0.29) is 49.8 Å². The molecule has 2 fully saturated rings. The molecule has 0 radical (unpaired) electrons. The topological polar surface area (TPSA) is 198 Å². The van der Waals surface area contributed by atoms with Gasteiger partial charge in [0.15, 0.2) is 5.15 Å². The van der Waals surface area contributed by atoms with Gasteiger partial charge >= 0.3 is 0 Å². The molecule has 22 heteroatoms. The van der Waals surface area contributed by atoms with Gasteiger partial charge in [-0.05, 0) is 117 Å². The summed E-state index contributed by atoms with van der Waals surface area (Å²) in [6, 6.07) is 73.5. The van der Waals surface area contributed by atoms with E-state index in [9.17, 15) is 19.2 Å². The van der Waals surface area contributed by atoms with Crippen LogP contribution in [0.3, 0.4) is 0 Å². The lowest BCUT2D eigenvalue weighted by atomic mass is 9.97. The fourth-order valence-electron chi connectivity index (χ4n) is 15.0. The van der Waals surface area contributed by atoms with Crippen molar-refractivity contribution in [2.45, 2.75) is 45.1 Å². The fourth-order valence-corrected chi connectivity index (χ4v) is 15.3. The Morgan fingerprint density at radius 2 is 0.664 bits per heavy atom. The second-order valence-corrected chi connectivity index (χ2v) is 31.0. The van der Waals surface area contributed by atoms with Gasteiger partial charge in [-0.15, -0.1) is 0 Å². The van der Waals surface area contributed by atoms with Crippen molar-refractivity contribution < 1.29 is 19.2 Å². The van der Waals surface area contributed by atoms with Gasteiger partial charge in [-0.3, -0.25) is 52.9 Å². The van der Waals surface area contributed by atoms with Gasteiger partial charge in [0.25, 0.3) is 0 Å². The quantitative estimate of drug-likeness (QED) is 0.0835. The van der Waals surface area contributed by atoms with Gasteiger partial charge in [0.05, 0.1) is 18.6 Å². The molecule has 0 aliphatic carbocycles. The Balaban J connectivity index is 0.000000124. The van der Waals surface area contributed by atoms with Gasteiger partial charge in [0.2, 0.25) is 23.6 Å². The largest absolute Gasteiger partial charge is 0.347 e. The number of benzene rings is 9. The number of likely N-dealkylation sites (N-methyl/N-ethyl adjacent to an activating group) is 4. The Bertz CT molecular complexity index is 6200. The van der Waals surface area contributed by atoms with Crippen molar-refractivity contribution in [3.05, 3.63) is 298 Å². The van der Waals surface area contributed by atoms with E-state index in [1.807, 2.05) is 127 Å². The average molecular weight is 1600 g/mol. The highest BCUT2D eigenvalue weighted by atomic mass is 35.5. The van der Waals surface area contributed by atoms with Crippen LogP contribution in [-0.2, 0) is 45.4 Å². The number of halogens is 1. The van der Waals surface area contributed by atoms with E-state index in [2.05, 4.69) is 229 Å². The van der Waals surface area contributed by atoms with E-state index in [1.165, 1.54) is 43.0 Å². The number of piperazine rings is 1. The first-order chi connectivity index (χ1) is 57.9. The Kier molecular flexibility index (Phi) is 25.1. The summed E-state index contributed by atoms with van der Waals surface area (Å²) >= 11 is 6.31. The summed E-state index contributed by atoms with van der Waals surface area (Å²) in [7, 11) is 13.1. The summed E-state index contributed by atoms with van der Waals surface area (Å²) in [6.45, 7) is 6.47. The lowest BCUT2D eigenvalue weighted by Gasteiger charge is -2.35. The van der Waals surface area contributed by atoms with Crippen molar-refractivity contribution in [2.24, 2.45) is 0 Å². The molecule has 21 nitrogen and oxygen atoms in total. The molecule has 0 unspecified atom stereocenters. The van der Waals surface area contributed by atoms with Gasteiger partial charge < -0.3 is 29.4 Å². The van der Waals surface area contributed by atoms with E-state index in [4.69, 9.17) is 11.6 Å². The maximum absolute atomic E-state index is 12.8. The Hall–Kier alpha value is -13.6. The molecule has 7 aromatic heterocycles. The van der Waals surface area contributed by atoms with Crippen LogP contribution in [0.25, 0.3) is 132 Å². The molecule has 2 saturated heterocycles. The van der Waals surface area contributed by atoms with E-state index in [1.54, 1.807) is 64.2 Å². The third-order valence-electron chi connectivity index (χ3n) is 22.2. The number of nitrogens with zero attached hydrogens (tertiary/aromatic N) is 17. The molecular formula is C97H94ClN17O4. The monoisotopic (exact) mass is 1600 g/mol. The first-order valence-corrected chi connectivity index (χ1v) is 40.3. The molecule has 0 atom stereocenters. The van der Waals surface area contributed by atoms with E-state index in [0.717, 1.165) is 146 Å². The highest BCUT2D eigenvalue weighted by Crippen LogP contribution is 2.36. The SMILES string of the molecule is CN(C)C(=O)Cn1cc(-c2ccc(-c3cncc4ccccc34)cc2)c(Cl)n1.CN(C)C(=O)Cn1cc(-c2ccc(-c3cncc4ccccc34)cc2)cn1.CN1CCC(N(C)C(=O)Cn2cc(-c3ccc(-c4cccc5ccccc45)cc3)cn2)CC1.CN1CCN(C(=O)Cn2cc(-c3ccc(-c4cncc5ccccc45)cc3)cn2)CC1. The summed E-state index contributed by atoms with van der Waals surface area (Å²) in [5, 5.41) is 27.2. The number of pyridine rings is 3. The van der Waals surface area contributed by atoms with Crippen LogP contribution in [0, 0.1) is 0 Å². The van der Waals surface area contributed by atoms with E-state index >= 15 is 0 Å². The molecule has 0 saturated carbocycles. The predicted molar refractivity (Wildman–Crippen MR) is 476 cm³/mol. The molecule has 0 N–H and O–H groups in total. The zero-order chi connectivity index (χ0) is 82.5. The minimum atomic E-state index is -0.0375. The fraction of sp³-hybridized carbons (Fsp3) is 0.206. The van der Waals surface area contributed by atoms with Gasteiger partial charge in [-0.25, -0.2) is 0 Å². The van der Waals surface area contributed by atoms with E-state index in [0.29, 0.717) is 11.2 Å². The maximum atomic E-state index is 12.8. The number of amides is 4. The number of aromatic nitrogens is 11. The second kappa shape index (κ2) is 37.1. The molecule has 4 amide bonds. The first kappa shape index (κ1) is 80.6. The minimum absolute atomic E-state index is 0.0171. The lowest BCUT2D eigenvalue weighted by Crippen LogP contribution is -2.48. The van der Waals surface area contributed by atoms with Gasteiger partial charge in [-0.1, -0.05) is 224 Å². The number of rotatable bonds is 17. The number of carbonyl (C=O) groups is 4. The van der Waals surface area contributed by atoms with Crippen LogP contribution in [0.4, 0.5) is 0 Å². The summed E-state index contributed by atoms with van der Waals surface area (Å²) in [5.74, 6) is 0.222. The van der Waals surface area contributed by atoms with Crippen molar-refractivity contribution in [1.29, 1.82) is 0 Å². The van der Waals surface area contributed by atoms with Gasteiger partial charge in [0.1, 0.15) is 26.2 Å². The zero-order valence-corrected chi connectivity index (χ0v) is 68.6. The van der Waals surface area contributed by atoms with Crippen LogP contribution >= 0.6 is 11.6 Å². The standard InChI is InChI=1S/C28H30N4O.C25H25N5O.C22H19ClN4O.C22H20N4O/c1-30-16-14-25(15-17-30)31(2)28(33)20-32-19-24(18-29-32)21-10-12-23(13-11-21)27-9-5-7-22-6-3-4-8-26(22)27;1-28-10-12-29(13-11-28)25(31)18-30-17-22(15-27-30)19-6-8-20(9-7-19)24-16-26-14-21-4-2-3-5-23(21)24;1-26(2)21(28)14-27-13-20(22(23)25-27)16-9-7-15(8-10-16)19-12-24-11-17-5-3-4-6-18(17)19;1-25(2)22(27)15-26-14-19(12-24-26)16-7-9-17(10-8-16)21-13-23-11-18-5-3-4-6-20(18)21/h3-13,18-19,25H,14-17,20H2,1-2H3;2-9,14-17H,10-13,18H2,1H3;3-13H,14H2,1-2H3;3-14H,15H2,1-2H3. The third-order valence-corrected chi connectivity index (χ3v) is 22.5. The highest BCUT2D eigenvalue weighted by Gasteiger charge is 2.26. The molecule has 2 aliphatic heterocycles. The molecule has 598 valence electrons. The summed E-state index contributed by atoms with van der Waals surface area (Å²) in [5.41, 5.74) is 17.1. The number of piperidine rings is 1. The Morgan fingerprint density at radius 3 is 1.08 bits per heavy atom. The maximum Gasteiger partial charge on any atom is 0.244 e. The molecule has 16 aromatic rings. The summed E-state index contributed by atoms with van der Waals surface area (Å²) < 4.78 is 6.73. The van der Waals surface area contributed by atoms with Crippen LogP contribution in [0.2, 0.25) is 5.15 Å². The van der Waals surface area contributed by atoms with Gasteiger partial charge in [-0.2, -0.15) is 20.4 Å². The second-order valence-electron chi connectivity index (χ2n) is 30.7. The smallest absolute Gasteiger partial charge is 0.244 e. The molecule has 9 aromatic carbocycles. The summed E-state index contributed by atoms with van der Waals surface area (Å²) in [6.07, 6.45) is 26.5. The van der Waals surface area contributed by atoms with Crippen LogP contribution in [-0.4, -0.2) is 202 Å².